The van der Waals surface area contributed by atoms with E-state index < -0.39 is 10.9 Å². The molecule has 0 aliphatic rings. The quantitative estimate of drug-likeness (QED) is 0.166. The van der Waals surface area contributed by atoms with Gasteiger partial charge in [-0.15, -0.1) is 10.2 Å². The SMILES string of the molecule is O=C(OCc1nnc(-c2ccc([N+](=O)[O-])cc2)o1)c1cc(-c2ccc(Cl)cc2)nc2ccccc12. The van der Waals surface area contributed by atoms with Gasteiger partial charge in [0.15, 0.2) is 6.61 Å². The molecule has 0 saturated heterocycles. The molecule has 0 atom stereocenters. The van der Waals surface area contributed by atoms with Crippen LogP contribution in [-0.4, -0.2) is 26.1 Å². The molecule has 0 amide bonds. The Kier molecular flexibility index (Phi) is 5.90. The Morgan fingerprint density at radius 2 is 1.69 bits per heavy atom. The minimum absolute atomic E-state index is 0.0510. The van der Waals surface area contributed by atoms with Crippen LogP contribution in [0.5, 0.6) is 0 Å². The van der Waals surface area contributed by atoms with Crippen molar-refractivity contribution in [3.8, 4) is 22.7 Å². The lowest BCUT2D eigenvalue weighted by molar-refractivity contribution is -0.384. The van der Waals surface area contributed by atoms with Crippen LogP contribution in [0.25, 0.3) is 33.6 Å². The van der Waals surface area contributed by atoms with E-state index in [9.17, 15) is 14.9 Å². The van der Waals surface area contributed by atoms with Crippen LogP contribution in [-0.2, 0) is 11.3 Å². The number of nitrogens with zero attached hydrogens (tertiary/aromatic N) is 4. The average molecular weight is 487 g/mol. The molecule has 2 aromatic heterocycles. The fraction of sp³-hybridized carbons (Fsp3) is 0.0400. The normalized spacial score (nSPS) is 10.9. The molecule has 5 rings (SSSR count). The van der Waals surface area contributed by atoms with Gasteiger partial charge in [-0.3, -0.25) is 10.1 Å². The van der Waals surface area contributed by atoms with Crippen molar-refractivity contribution in [3.63, 3.8) is 0 Å². The first-order chi connectivity index (χ1) is 17.0. The first-order valence-electron chi connectivity index (χ1n) is 10.4. The number of fused-ring (bicyclic) bond motifs is 1. The fourth-order valence-electron chi connectivity index (χ4n) is 3.47. The van der Waals surface area contributed by atoms with E-state index in [0.29, 0.717) is 32.7 Å². The van der Waals surface area contributed by atoms with E-state index in [1.807, 2.05) is 30.3 Å². The van der Waals surface area contributed by atoms with E-state index in [4.69, 9.17) is 20.8 Å². The van der Waals surface area contributed by atoms with Crippen molar-refractivity contribution in [3.05, 3.63) is 105 Å². The minimum atomic E-state index is -0.575. The van der Waals surface area contributed by atoms with Crippen molar-refractivity contribution in [2.24, 2.45) is 0 Å². The lowest BCUT2D eigenvalue weighted by Crippen LogP contribution is -2.07. The number of carbonyl (C=O) groups excluding carboxylic acids is 1. The summed E-state index contributed by atoms with van der Waals surface area (Å²) in [7, 11) is 0. The van der Waals surface area contributed by atoms with Gasteiger partial charge in [-0.2, -0.15) is 0 Å². The number of para-hydroxylation sites is 1. The number of pyridine rings is 1. The second-order valence-corrected chi connectivity index (χ2v) is 7.90. The Morgan fingerprint density at radius 3 is 2.43 bits per heavy atom. The lowest BCUT2D eigenvalue weighted by atomic mass is 10.0. The van der Waals surface area contributed by atoms with Gasteiger partial charge in [0.1, 0.15) is 0 Å². The van der Waals surface area contributed by atoms with Gasteiger partial charge in [0, 0.05) is 33.7 Å². The summed E-state index contributed by atoms with van der Waals surface area (Å²) in [6, 6.07) is 21.8. The molecule has 0 aliphatic heterocycles. The number of esters is 1. The van der Waals surface area contributed by atoms with E-state index in [2.05, 4.69) is 15.2 Å². The van der Waals surface area contributed by atoms with Gasteiger partial charge in [-0.05, 0) is 36.4 Å². The molecule has 0 saturated carbocycles. The Hall–Kier alpha value is -4.63. The highest BCUT2D eigenvalue weighted by molar-refractivity contribution is 6.30. The molecule has 0 aliphatic carbocycles. The number of carbonyl (C=O) groups is 1. The van der Waals surface area contributed by atoms with Gasteiger partial charge < -0.3 is 9.15 Å². The van der Waals surface area contributed by atoms with E-state index in [1.54, 1.807) is 24.3 Å². The first-order valence-corrected chi connectivity index (χ1v) is 10.8. The second-order valence-electron chi connectivity index (χ2n) is 7.46. The zero-order valence-corrected chi connectivity index (χ0v) is 18.7. The van der Waals surface area contributed by atoms with Crippen molar-refractivity contribution in [2.75, 3.05) is 0 Å². The van der Waals surface area contributed by atoms with E-state index in [0.717, 1.165) is 5.56 Å². The molecule has 0 unspecified atom stereocenters. The third-order valence-electron chi connectivity index (χ3n) is 5.19. The molecule has 35 heavy (non-hydrogen) atoms. The molecule has 0 N–H and O–H groups in total. The van der Waals surface area contributed by atoms with Gasteiger partial charge in [0.05, 0.1) is 21.7 Å². The number of rotatable bonds is 6. The molecule has 0 bridgehead atoms. The zero-order chi connectivity index (χ0) is 24.4. The highest BCUT2D eigenvalue weighted by atomic mass is 35.5. The maximum absolute atomic E-state index is 13.0. The fourth-order valence-corrected chi connectivity index (χ4v) is 3.60. The second kappa shape index (κ2) is 9.32. The van der Waals surface area contributed by atoms with Crippen molar-refractivity contribution in [2.45, 2.75) is 6.61 Å². The predicted molar refractivity (Wildman–Crippen MR) is 128 cm³/mol. The van der Waals surface area contributed by atoms with Crippen LogP contribution in [0.3, 0.4) is 0 Å². The molecule has 10 heteroatoms. The van der Waals surface area contributed by atoms with Crippen LogP contribution in [0.15, 0.2) is 83.3 Å². The minimum Gasteiger partial charge on any atom is -0.452 e. The summed E-state index contributed by atoms with van der Waals surface area (Å²) in [5.74, 6) is -0.331. The third kappa shape index (κ3) is 4.71. The summed E-state index contributed by atoms with van der Waals surface area (Å²) >= 11 is 5.99. The third-order valence-corrected chi connectivity index (χ3v) is 5.45. The van der Waals surface area contributed by atoms with E-state index in [-0.39, 0.29) is 24.1 Å². The highest BCUT2D eigenvalue weighted by Crippen LogP contribution is 2.27. The van der Waals surface area contributed by atoms with Crippen molar-refractivity contribution in [1.82, 2.24) is 15.2 Å². The summed E-state index contributed by atoms with van der Waals surface area (Å²) < 4.78 is 11.0. The molecule has 3 aromatic carbocycles. The first kappa shape index (κ1) is 22.2. The smallest absolute Gasteiger partial charge is 0.339 e. The number of hydrogen-bond acceptors (Lipinski definition) is 8. The Labute approximate surface area is 203 Å². The Balaban J connectivity index is 1.37. The number of nitro groups is 1. The molecule has 172 valence electrons. The van der Waals surface area contributed by atoms with Crippen LogP contribution in [0.1, 0.15) is 16.2 Å². The molecule has 9 nitrogen and oxygen atoms in total. The lowest BCUT2D eigenvalue weighted by Gasteiger charge is -2.09. The zero-order valence-electron chi connectivity index (χ0n) is 17.9. The van der Waals surface area contributed by atoms with Crippen molar-refractivity contribution in [1.29, 1.82) is 0 Å². The van der Waals surface area contributed by atoms with Gasteiger partial charge >= 0.3 is 5.97 Å². The highest BCUT2D eigenvalue weighted by Gasteiger charge is 2.17. The summed E-state index contributed by atoms with van der Waals surface area (Å²) in [4.78, 5) is 28.0. The average Bonchev–Trinajstić information content (AvgIpc) is 3.36. The molecule has 2 heterocycles. The van der Waals surface area contributed by atoms with Crippen molar-refractivity contribution >= 4 is 34.2 Å². The number of hydrogen-bond donors (Lipinski definition) is 0. The summed E-state index contributed by atoms with van der Waals surface area (Å²) in [5, 5.41) is 19.9. The summed E-state index contributed by atoms with van der Waals surface area (Å²) in [6.07, 6.45) is 0. The predicted octanol–water partition coefficient (Wildman–Crippen LogP) is 5.87. The molecule has 0 radical (unpaired) electrons. The number of nitro benzene ring substituents is 1. The number of benzene rings is 3. The largest absolute Gasteiger partial charge is 0.452 e. The van der Waals surface area contributed by atoms with Gasteiger partial charge in [-0.25, -0.2) is 9.78 Å². The van der Waals surface area contributed by atoms with Crippen LogP contribution >= 0.6 is 11.6 Å². The van der Waals surface area contributed by atoms with Crippen molar-refractivity contribution < 1.29 is 18.9 Å². The number of ether oxygens (including phenoxy) is 1. The van der Waals surface area contributed by atoms with Crippen LogP contribution in [0, 0.1) is 10.1 Å². The van der Waals surface area contributed by atoms with E-state index in [1.165, 1.54) is 24.3 Å². The molecule has 5 aromatic rings. The summed E-state index contributed by atoms with van der Waals surface area (Å²) in [6.45, 7) is -0.244. The number of aromatic nitrogens is 3. The Morgan fingerprint density at radius 1 is 0.971 bits per heavy atom. The van der Waals surface area contributed by atoms with Crippen LogP contribution < -0.4 is 0 Å². The van der Waals surface area contributed by atoms with Gasteiger partial charge in [0.2, 0.25) is 5.89 Å². The van der Waals surface area contributed by atoms with Gasteiger partial charge in [0.25, 0.3) is 11.6 Å². The van der Waals surface area contributed by atoms with E-state index >= 15 is 0 Å². The maximum atomic E-state index is 13.0. The monoisotopic (exact) mass is 486 g/mol. The molecule has 0 spiro atoms. The standard InChI is InChI=1S/C25H15ClN4O5/c26-17-9-5-15(6-10-17)22-13-20(19-3-1-2-4-21(19)27-22)25(31)34-14-23-28-29-24(35-23)16-7-11-18(12-8-16)30(32)33/h1-13H,14H2. The summed E-state index contributed by atoms with van der Waals surface area (Å²) in [5.41, 5.74) is 2.85. The maximum Gasteiger partial charge on any atom is 0.339 e. The molecular weight excluding hydrogens is 472 g/mol. The number of halogens is 1. The topological polar surface area (TPSA) is 121 Å². The Bertz CT molecular complexity index is 1550. The van der Waals surface area contributed by atoms with Gasteiger partial charge in [-0.1, -0.05) is 41.9 Å². The van der Waals surface area contributed by atoms with Crippen LogP contribution in [0.4, 0.5) is 5.69 Å². The van der Waals surface area contributed by atoms with Crippen LogP contribution in [0.2, 0.25) is 5.02 Å². The molecule has 0 fully saturated rings. The number of non-ortho nitro benzene ring substituents is 1. The molecular formula is C25H15ClN4O5.